The Morgan fingerprint density at radius 2 is 2.40 bits per heavy atom. The van der Waals surface area contributed by atoms with Gasteiger partial charge in [-0.15, -0.1) is 0 Å². The molecule has 0 aliphatic carbocycles. The first-order valence-electron chi connectivity index (χ1n) is 3.48. The van der Waals surface area contributed by atoms with Gasteiger partial charge < -0.3 is 4.57 Å². The second kappa shape index (κ2) is 3.37. The van der Waals surface area contributed by atoms with Crippen molar-refractivity contribution in [2.75, 3.05) is 0 Å². The molecule has 3 heteroatoms. The Kier molecular flexibility index (Phi) is 2.45. The number of rotatable bonds is 3. The monoisotopic (exact) mass is 139 g/mol. The average molecular weight is 139 g/mol. The molecule has 0 fully saturated rings. The summed E-state index contributed by atoms with van der Waals surface area (Å²) >= 11 is 0. The normalized spacial score (nSPS) is 10.7. The Labute approximate surface area is 61.1 Å². The first-order valence-corrected chi connectivity index (χ1v) is 3.48. The lowest BCUT2D eigenvalue weighted by molar-refractivity contribution is 0.498. The van der Waals surface area contributed by atoms with Gasteiger partial charge in [0.2, 0.25) is 0 Å². The van der Waals surface area contributed by atoms with Crippen LogP contribution < -0.4 is 5.32 Å². The van der Waals surface area contributed by atoms with Crippen LogP contribution in [0.5, 0.6) is 0 Å². The van der Waals surface area contributed by atoms with E-state index in [2.05, 4.69) is 24.1 Å². The van der Waals surface area contributed by atoms with Crippen LogP contribution in [0.15, 0.2) is 18.7 Å². The van der Waals surface area contributed by atoms with Crippen LogP contribution in [0.25, 0.3) is 0 Å². The third-order valence-electron chi connectivity index (χ3n) is 1.24. The van der Waals surface area contributed by atoms with Crippen molar-refractivity contribution in [1.82, 2.24) is 14.9 Å². The fraction of sp³-hybridized carbons (Fsp3) is 0.571. The van der Waals surface area contributed by atoms with Crippen molar-refractivity contribution in [3.63, 3.8) is 0 Å². The van der Waals surface area contributed by atoms with E-state index in [0.717, 1.165) is 6.67 Å². The van der Waals surface area contributed by atoms with E-state index in [9.17, 15) is 0 Å². The fourth-order valence-corrected chi connectivity index (χ4v) is 0.668. The Morgan fingerprint density at radius 3 is 2.90 bits per heavy atom. The van der Waals surface area contributed by atoms with E-state index in [4.69, 9.17) is 0 Å². The van der Waals surface area contributed by atoms with Crippen molar-refractivity contribution in [2.24, 2.45) is 0 Å². The van der Waals surface area contributed by atoms with Gasteiger partial charge in [0, 0.05) is 18.4 Å². The molecule has 0 aliphatic rings. The zero-order chi connectivity index (χ0) is 7.40. The molecule has 0 unspecified atom stereocenters. The molecule has 1 N–H and O–H groups in total. The van der Waals surface area contributed by atoms with E-state index >= 15 is 0 Å². The van der Waals surface area contributed by atoms with E-state index in [1.54, 1.807) is 12.5 Å². The molecule has 10 heavy (non-hydrogen) atoms. The molecule has 1 aromatic heterocycles. The SMILES string of the molecule is CC(C)NCn1ccnc1. The zero-order valence-electron chi connectivity index (χ0n) is 6.41. The highest BCUT2D eigenvalue weighted by molar-refractivity contribution is 4.73. The second-order valence-corrected chi connectivity index (χ2v) is 2.59. The van der Waals surface area contributed by atoms with Crippen LogP contribution in [0.4, 0.5) is 0 Å². The second-order valence-electron chi connectivity index (χ2n) is 2.59. The minimum Gasteiger partial charge on any atom is -0.324 e. The number of aromatic nitrogens is 2. The Hall–Kier alpha value is -0.830. The van der Waals surface area contributed by atoms with Crippen LogP contribution in [-0.2, 0) is 6.67 Å². The molecule has 0 bridgehead atoms. The van der Waals surface area contributed by atoms with E-state index < -0.39 is 0 Å². The van der Waals surface area contributed by atoms with Crippen molar-refractivity contribution in [3.05, 3.63) is 18.7 Å². The van der Waals surface area contributed by atoms with Gasteiger partial charge in [-0.2, -0.15) is 0 Å². The molecule has 0 atom stereocenters. The highest BCUT2D eigenvalue weighted by Crippen LogP contribution is 1.83. The minimum absolute atomic E-state index is 0.530. The van der Waals surface area contributed by atoms with Crippen molar-refractivity contribution in [1.29, 1.82) is 0 Å². The summed E-state index contributed by atoms with van der Waals surface area (Å²) in [4.78, 5) is 3.92. The molecule has 1 heterocycles. The maximum absolute atomic E-state index is 3.92. The molecule has 0 aromatic carbocycles. The van der Waals surface area contributed by atoms with Crippen LogP contribution in [0, 0.1) is 0 Å². The quantitative estimate of drug-likeness (QED) is 0.672. The topological polar surface area (TPSA) is 29.9 Å². The molecule has 0 saturated heterocycles. The van der Waals surface area contributed by atoms with Gasteiger partial charge in [0.15, 0.2) is 0 Å². The maximum atomic E-state index is 3.92. The van der Waals surface area contributed by atoms with Gasteiger partial charge in [-0.05, 0) is 13.8 Å². The summed E-state index contributed by atoms with van der Waals surface area (Å²) in [5.74, 6) is 0. The van der Waals surface area contributed by atoms with Gasteiger partial charge in [0.05, 0.1) is 13.0 Å². The summed E-state index contributed by atoms with van der Waals surface area (Å²) in [6.45, 7) is 5.09. The number of hydrogen-bond acceptors (Lipinski definition) is 2. The van der Waals surface area contributed by atoms with Gasteiger partial charge in [0.1, 0.15) is 0 Å². The first-order chi connectivity index (χ1) is 4.79. The van der Waals surface area contributed by atoms with Crippen molar-refractivity contribution < 1.29 is 0 Å². The molecule has 1 aromatic rings. The standard InChI is InChI=1S/C7H13N3/c1-7(2)9-6-10-4-3-8-5-10/h3-5,7,9H,6H2,1-2H3. The Morgan fingerprint density at radius 1 is 1.60 bits per heavy atom. The van der Waals surface area contributed by atoms with Crippen molar-refractivity contribution in [2.45, 2.75) is 26.6 Å². The molecule has 0 amide bonds. The predicted molar refractivity (Wildman–Crippen MR) is 40.5 cm³/mol. The lowest BCUT2D eigenvalue weighted by Gasteiger charge is -2.07. The van der Waals surface area contributed by atoms with Gasteiger partial charge in [-0.3, -0.25) is 5.32 Å². The number of hydrogen-bond donors (Lipinski definition) is 1. The largest absolute Gasteiger partial charge is 0.324 e. The molecule has 0 saturated carbocycles. The molecule has 3 nitrogen and oxygen atoms in total. The Bertz CT molecular complexity index is 167. The Balaban J connectivity index is 2.28. The van der Waals surface area contributed by atoms with E-state index in [1.807, 2.05) is 10.8 Å². The number of imidazole rings is 1. The van der Waals surface area contributed by atoms with Crippen molar-refractivity contribution in [3.8, 4) is 0 Å². The predicted octanol–water partition coefficient (Wildman–Crippen LogP) is 0.839. The minimum atomic E-state index is 0.530. The molecule has 0 aliphatic heterocycles. The molecular weight excluding hydrogens is 126 g/mol. The van der Waals surface area contributed by atoms with Crippen molar-refractivity contribution >= 4 is 0 Å². The third kappa shape index (κ3) is 2.19. The molecule has 0 spiro atoms. The summed E-state index contributed by atoms with van der Waals surface area (Å²) in [7, 11) is 0. The van der Waals surface area contributed by atoms with Crippen LogP contribution >= 0.6 is 0 Å². The summed E-state index contributed by atoms with van der Waals surface area (Å²) < 4.78 is 2.00. The van der Waals surface area contributed by atoms with Gasteiger partial charge in [0.25, 0.3) is 0 Å². The zero-order valence-corrected chi connectivity index (χ0v) is 6.41. The van der Waals surface area contributed by atoms with Gasteiger partial charge in [-0.1, -0.05) is 0 Å². The van der Waals surface area contributed by atoms with Crippen LogP contribution in [0.1, 0.15) is 13.8 Å². The maximum Gasteiger partial charge on any atom is 0.0956 e. The molecule has 56 valence electrons. The smallest absolute Gasteiger partial charge is 0.0956 e. The lowest BCUT2D eigenvalue weighted by atomic mass is 10.4. The van der Waals surface area contributed by atoms with Crippen LogP contribution in [-0.4, -0.2) is 15.6 Å². The molecule has 1 rings (SSSR count). The first kappa shape index (κ1) is 7.28. The van der Waals surface area contributed by atoms with E-state index in [-0.39, 0.29) is 0 Å². The number of nitrogens with one attached hydrogen (secondary N) is 1. The summed E-state index contributed by atoms with van der Waals surface area (Å²) in [6, 6.07) is 0.530. The summed E-state index contributed by atoms with van der Waals surface area (Å²) in [6.07, 6.45) is 5.52. The molecular formula is C7H13N3. The van der Waals surface area contributed by atoms with Crippen LogP contribution in [0.2, 0.25) is 0 Å². The van der Waals surface area contributed by atoms with E-state index in [0.29, 0.717) is 6.04 Å². The summed E-state index contributed by atoms with van der Waals surface area (Å²) in [5, 5.41) is 3.27. The average Bonchev–Trinajstić information content (AvgIpc) is 2.34. The molecule has 0 radical (unpaired) electrons. The number of nitrogens with zero attached hydrogens (tertiary/aromatic N) is 2. The summed E-state index contributed by atoms with van der Waals surface area (Å²) in [5.41, 5.74) is 0. The highest BCUT2D eigenvalue weighted by atomic mass is 15.1. The van der Waals surface area contributed by atoms with E-state index in [1.165, 1.54) is 0 Å². The van der Waals surface area contributed by atoms with Crippen LogP contribution in [0.3, 0.4) is 0 Å². The van der Waals surface area contributed by atoms with Gasteiger partial charge in [-0.25, -0.2) is 4.98 Å². The lowest BCUT2D eigenvalue weighted by Crippen LogP contribution is -2.24. The highest BCUT2D eigenvalue weighted by Gasteiger charge is 1.90. The van der Waals surface area contributed by atoms with Gasteiger partial charge >= 0.3 is 0 Å². The third-order valence-corrected chi connectivity index (χ3v) is 1.24. The fourth-order valence-electron chi connectivity index (χ4n) is 0.668.